The summed E-state index contributed by atoms with van der Waals surface area (Å²) in [6.07, 6.45) is 6.50. The van der Waals surface area contributed by atoms with Crippen LogP contribution in [0.4, 0.5) is 4.39 Å². The minimum Gasteiger partial charge on any atom is -0.356 e. The van der Waals surface area contributed by atoms with Gasteiger partial charge in [-0.3, -0.25) is 4.79 Å². The lowest BCUT2D eigenvalue weighted by Crippen LogP contribution is -2.39. The van der Waals surface area contributed by atoms with E-state index in [9.17, 15) is 9.18 Å². The number of carbonyl (C=O) groups excluding carboxylic acids is 1. The van der Waals surface area contributed by atoms with Crippen molar-refractivity contribution in [2.75, 3.05) is 7.05 Å². The van der Waals surface area contributed by atoms with Crippen molar-refractivity contribution >= 4 is 5.91 Å². The van der Waals surface area contributed by atoms with Gasteiger partial charge >= 0.3 is 0 Å². The number of carbonyl (C=O) groups is 1. The topological polar surface area (TPSA) is 29.1 Å². The van der Waals surface area contributed by atoms with Gasteiger partial charge in [-0.2, -0.15) is 0 Å². The average molecular weight is 155 g/mol. The molecule has 0 aromatic carbocycles. The number of halogens is 1. The lowest BCUT2D eigenvalue weighted by atomic mass is 9.99. The molecule has 60 valence electrons. The fourth-order valence-corrected chi connectivity index (χ4v) is 0.956. The van der Waals surface area contributed by atoms with Crippen molar-refractivity contribution in [3.8, 4) is 0 Å². The Balaban J connectivity index is 2.80. The van der Waals surface area contributed by atoms with Crippen molar-refractivity contribution in [2.45, 2.75) is 12.1 Å². The smallest absolute Gasteiger partial charge is 0.265 e. The molecule has 0 bridgehead atoms. The summed E-state index contributed by atoms with van der Waals surface area (Å²) >= 11 is 0. The molecule has 0 aromatic heterocycles. The Morgan fingerprint density at radius 2 is 2.09 bits per heavy atom. The molecule has 1 rings (SSSR count). The highest BCUT2D eigenvalue weighted by molar-refractivity contribution is 5.89. The predicted molar refractivity (Wildman–Crippen MR) is 40.8 cm³/mol. The number of alkyl halides is 1. The molecule has 1 N–H and O–H groups in total. The van der Waals surface area contributed by atoms with Gasteiger partial charge in [0.2, 0.25) is 5.67 Å². The molecule has 0 atom stereocenters. The van der Waals surface area contributed by atoms with Crippen LogP contribution in [0.2, 0.25) is 0 Å². The first-order valence-electron chi connectivity index (χ1n) is 3.45. The van der Waals surface area contributed by atoms with Gasteiger partial charge in [0.1, 0.15) is 0 Å². The molecule has 11 heavy (non-hydrogen) atoms. The van der Waals surface area contributed by atoms with Gasteiger partial charge in [0.05, 0.1) is 0 Å². The molecule has 0 radical (unpaired) electrons. The number of amides is 1. The summed E-state index contributed by atoms with van der Waals surface area (Å²) in [4.78, 5) is 10.9. The molecule has 0 saturated carbocycles. The molecule has 1 amide bonds. The zero-order chi connectivity index (χ0) is 8.32. The van der Waals surface area contributed by atoms with E-state index in [0.717, 1.165) is 0 Å². The first-order valence-corrected chi connectivity index (χ1v) is 3.45. The van der Waals surface area contributed by atoms with Crippen LogP contribution in [-0.2, 0) is 4.79 Å². The van der Waals surface area contributed by atoms with Gasteiger partial charge < -0.3 is 5.32 Å². The first kappa shape index (κ1) is 7.98. The maximum Gasteiger partial charge on any atom is 0.265 e. The molecular formula is C8H10FNO. The van der Waals surface area contributed by atoms with Crippen molar-refractivity contribution in [2.24, 2.45) is 0 Å². The van der Waals surface area contributed by atoms with E-state index in [-0.39, 0.29) is 0 Å². The maximum atomic E-state index is 13.4. The van der Waals surface area contributed by atoms with Crippen LogP contribution in [0.3, 0.4) is 0 Å². The van der Waals surface area contributed by atoms with Gasteiger partial charge in [-0.05, 0) is 18.6 Å². The molecule has 0 spiro atoms. The standard InChI is InChI=1S/C8H10FNO/c1-10-7(11)8(9)5-3-2-4-6-8/h3-6H,2H2,1H3,(H,10,11). The van der Waals surface area contributed by atoms with Crippen LogP contribution >= 0.6 is 0 Å². The average Bonchev–Trinajstić information content (AvgIpc) is 2.04. The van der Waals surface area contributed by atoms with Gasteiger partial charge in [-0.25, -0.2) is 4.39 Å². The second kappa shape index (κ2) is 2.86. The van der Waals surface area contributed by atoms with E-state index >= 15 is 0 Å². The second-order valence-corrected chi connectivity index (χ2v) is 2.39. The highest BCUT2D eigenvalue weighted by Gasteiger charge is 2.32. The van der Waals surface area contributed by atoms with E-state index in [1.807, 2.05) is 0 Å². The van der Waals surface area contributed by atoms with E-state index < -0.39 is 11.6 Å². The molecule has 3 heteroatoms. The third-order valence-corrected chi connectivity index (χ3v) is 1.57. The van der Waals surface area contributed by atoms with E-state index in [1.165, 1.54) is 19.2 Å². The monoisotopic (exact) mass is 155 g/mol. The molecule has 1 aliphatic carbocycles. The van der Waals surface area contributed by atoms with Crippen LogP contribution in [0, 0.1) is 0 Å². The van der Waals surface area contributed by atoms with E-state index in [2.05, 4.69) is 5.32 Å². The van der Waals surface area contributed by atoms with Crippen molar-refractivity contribution in [1.29, 1.82) is 0 Å². The summed E-state index contributed by atoms with van der Waals surface area (Å²) in [5.74, 6) is -0.621. The van der Waals surface area contributed by atoms with Crippen LogP contribution in [0.15, 0.2) is 24.3 Å². The van der Waals surface area contributed by atoms with Crippen molar-refractivity contribution < 1.29 is 9.18 Å². The molecule has 0 saturated heterocycles. The van der Waals surface area contributed by atoms with Crippen LogP contribution < -0.4 is 5.32 Å². The van der Waals surface area contributed by atoms with Crippen LogP contribution in [-0.4, -0.2) is 18.6 Å². The third-order valence-electron chi connectivity index (χ3n) is 1.57. The van der Waals surface area contributed by atoms with Gasteiger partial charge in [0.15, 0.2) is 0 Å². The molecule has 0 aromatic rings. The fraction of sp³-hybridized carbons (Fsp3) is 0.375. The zero-order valence-corrected chi connectivity index (χ0v) is 6.30. The Bertz CT molecular complexity index is 208. The molecular weight excluding hydrogens is 145 g/mol. The van der Waals surface area contributed by atoms with Crippen molar-refractivity contribution in [1.82, 2.24) is 5.32 Å². The fourth-order valence-electron chi connectivity index (χ4n) is 0.956. The Hall–Kier alpha value is -1.12. The summed E-state index contributed by atoms with van der Waals surface area (Å²) in [5.41, 5.74) is -1.92. The van der Waals surface area contributed by atoms with Gasteiger partial charge in [0, 0.05) is 7.05 Å². The maximum absolute atomic E-state index is 13.4. The third kappa shape index (κ3) is 1.48. The number of rotatable bonds is 1. The molecule has 0 aliphatic heterocycles. The quantitative estimate of drug-likeness (QED) is 0.561. The van der Waals surface area contributed by atoms with Gasteiger partial charge in [-0.1, -0.05) is 12.2 Å². The predicted octanol–water partition coefficient (Wildman–Crippen LogP) is 0.957. The van der Waals surface area contributed by atoms with E-state index in [4.69, 9.17) is 0 Å². The summed E-state index contributed by atoms with van der Waals surface area (Å²) in [6, 6.07) is 0. The normalized spacial score (nSPS) is 19.8. The number of nitrogens with one attached hydrogen (secondary N) is 1. The molecule has 0 fully saturated rings. The molecule has 0 heterocycles. The van der Waals surface area contributed by atoms with Gasteiger partial charge in [0.25, 0.3) is 5.91 Å². The SMILES string of the molecule is CNC(=O)C1(F)C=CCC=C1. The number of allylic oxidation sites excluding steroid dienone is 2. The Morgan fingerprint density at radius 1 is 1.55 bits per heavy atom. The summed E-state index contributed by atoms with van der Waals surface area (Å²) < 4.78 is 13.4. The van der Waals surface area contributed by atoms with Crippen molar-refractivity contribution in [3.63, 3.8) is 0 Å². The lowest BCUT2D eigenvalue weighted by Gasteiger charge is -2.17. The summed E-state index contributed by atoms with van der Waals surface area (Å²) in [7, 11) is 1.42. The molecule has 0 unspecified atom stereocenters. The Labute approximate surface area is 64.8 Å². The highest BCUT2D eigenvalue weighted by Crippen LogP contribution is 2.19. The largest absolute Gasteiger partial charge is 0.356 e. The molecule has 1 aliphatic rings. The first-order chi connectivity index (χ1) is 5.19. The number of hydrogen-bond donors (Lipinski definition) is 1. The minimum absolute atomic E-state index is 0.621. The van der Waals surface area contributed by atoms with Crippen LogP contribution in [0.1, 0.15) is 6.42 Å². The zero-order valence-electron chi connectivity index (χ0n) is 6.30. The minimum atomic E-state index is -1.92. The lowest BCUT2D eigenvalue weighted by molar-refractivity contribution is -0.127. The van der Waals surface area contributed by atoms with Crippen LogP contribution in [0.5, 0.6) is 0 Å². The summed E-state index contributed by atoms with van der Waals surface area (Å²) in [6.45, 7) is 0. The van der Waals surface area contributed by atoms with Gasteiger partial charge in [-0.15, -0.1) is 0 Å². The summed E-state index contributed by atoms with van der Waals surface area (Å²) in [5, 5.41) is 2.26. The van der Waals surface area contributed by atoms with E-state index in [0.29, 0.717) is 6.42 Å². The second-order valence-electron chi connectivity index (χ2n) is 2.39. The highest BCUT2D eigenvalue weighted by atomic mass is 19.1. The molecule has 2 nitrogen and oxygen atoms in total. The number of hydrogen-bond acceptors (Lipinski definition) is 1. The Kier molecular flexibility index (Phi) is 2.08. The van der Waals surface area contributed by atoms with Crippen LogP contribution in [0.25, 0.3) is 0 Å². The van der Waals surface area contributed by atoms with Crippen molar-refractivity contribution in [3.05, 3.63) is 24.3 Å². The Morgan fingerprint density at radius 3 is 2.55 bits per heavy atom. The van der Waals surface area contributed by atoms with E-state index in [1.54, 1.807) is 12.2 Å².